The lowest BCUT2D eigenvalue weighted by Crippen LogP contribution is -2.55. The predicted molar refractivity (Wildman–Crippen MR) is 193 cm³/mol. The number of phenolic OH excluding ortho intramolecular Hbond substituents is 2. The van der Waals surface area contributed by atoms with Crippen LogP contribution in [-0.4, -0.2) is 150 Å². The van der Waals surface area contributed by atoms with E-state index in [2.05, 4.69) is 15.5 Å². The number of aromatic hydroxyl groups is 2. The molecule has 4 amide bonds. The number of hydrogen-bond donors (Lipinski definition) is 5. The lowest BCUT2D eigenvalue weighted by molar-refractivity contribution is -0.256. The maximum atomic E-state index is 14.1. The first-order chi connectivity index (χ1) is 27.8. The van der Waals surface area contributed by atoms with Crippen LogP contribution in [0.15, 0.2) is 30.4 Å². The van der Waals surface area contributed by atoms with Gasteiger partial charge in [-0.05, 0) is 13.0 Å². The first kappa shape index (κ1) is 39.5. The summed E-state index contributed by atoms with van der Waals surface area (Å²) >= 11 is 0. The smallest absolute Gasteiger partial charge is 0.254 e. The van der Waals surface area contributed by atoms with Crippen LogP contribution in [0.5, 0.6) is 17.2 Å². The van der Waals surface area contributed by atoms with Gasteiger partial charge in [0.05, 0.1) is 42.6 Å². The average Bonchev–Trinajstić information content (AvgIpc) is 3.74. The third kappa shape index (κ3) is 6.52. The number of ether oxygens (including phenoxy) is 6. The summed E-state index contributed by atoms with van der Waals surface area (Å²) < 4.78 is 35.7. The van der Waals surface area contributed by atoms with Gasteiger partial charge in [0.15, 0.2) is 24.6 Å². The number of methoxy groups -OCH3 is 2. The molecule has 0 unspecified atom stereocenters. The first-order valence-electron chi connectivity index (χ1n) is 18.8. The molecule has 0 aromatic heterocycles. The molecule has 8 atom stereocenters. The fourth-order valence-corrected chi connectivity index (χ4v) is 8.83. The molecule has 58 heavy (non-hydrogen) atoms. The zero-order valence-electron chi connectivity index (χ0n) is 31.7. The number of ketones is 2. The Kier molecular flexibility index (Phi) is 10.3. The van der Waals surface area contributed by atoms with E-state index in [1.54, 1.807) is 6.92 Å². The zero-order chi connectivity index (χ0) is 41.2. The average molecular weight is 807 g/mol. The maximum Gasteiger partial charge on any atom is 0.254 e. The Balaban J connectivity index is 1.08. The minimum Gasteiger partial charge on any atom is -0.507 e. The number of aliphatic hydroxyl groups is 1. The van der Waals surface area contributed by atoms with Crippen LogP contribution in [-0.2, 0) is 49.3 Å². The summed E-state index contributed by atoms with van der Waals surface area (Å²) in [6.45, 7) is 1.85. The van der Waals surface area contributed by atoms with Crippen LogP contribution in [0.3, 0.4) is 0 Å². The van der Waals surface area contributed by atoms with Crippen LogP contribution in [0.1, 0.15) is 68.8 Å². The Morgan fingerprint density at radius 3 is 2.41 bits per heavy atom. The van der Waals surface area contributed by atoms with E-state index in [1.807, 2.05) is 0 Å². The van der Waals surface area contributed by atoms with E-state index >= 15 is 0 Å². The Bertz CT molecular complexity index is 2120. The van der Waals surface area contributed by atoms with E-state index in [4.69, 9.17) is 28.4 Å². The minimum absolute atomic E-state index is 0.0741. The fraction of sp³-hybridized carbons (Fsp3) is 0.487. The van der Waals surface area contributed by atoms with Crippen molar-refractivity contribution in [3.05, 3.63) is 63.7 Å². The first-order valence-corrected chi connectivity index (χ1v) is 18.8. The number of imide groups is 1. The Morgan fingerprint density at radius 2 is 1.69 bits per heavy atom. The molecule has 8 rings (SSSR count). The molecule has 0 bridgehead atoms. The summed E-state index contributed by atoms with van der Waals surface area (Å²) in [5, 5.41) is 41.0. The molecule has 0 saturated carbocycles. The molecule has 4 heterocycles. The molecular weight excluding hydrogens is 764 g/mol. The molecular formula is C39H42N4O15. The largest absolute Gasteiger partial charge is 0.507 e. The van der Waals surface area contributed by atoms with E-state index in [0.717, 1.165) is 17.1 Å². The number of nitrogens with zero attached hydrogens (tertiary/aromatic N) is 2. The Labute approximate surface area is 330 Å². The quantitative estimate of drug-likeness (QED) is 0.0966. The summed E-state index contributed by atoms with van der Waals surface area (Å²) in [6, 6.07) is 4.15. The third-order valence-corrected chi connectivity index (χ3v) is 11.5. The second-order valence-corrected chi connectivity index (χ2v) is 14.9. The zero-order valence-corrected chi connectivity index (χ0v) is 31.7. The summed E-state index contributed by atoms with van der Waals surface area (Å²) in [4.78, 5) is 80.8. The predicted octanol–water partition coefficient (Wildman–Crippen LogP) is -0.693. The lowest BCUT2D eigenvalue weighted by atomic mass is 9.72. The third-order valence-electron chi connectivity index (χ3n) is 11.5. The Hall–Kier alpha value is -5.28. The molecule has 6 aliphatic rings. The van der Waals surface area contributed by atoms with Crippen molar-refractivity contribution < 1.29 is 72.5 Å². The van der Waals surface area contributed by atoms with Gasteiger partial charge in [0.25, 0.3) is 17.7 Å². The van der Waals surface area contributed by atoms with Gasteiger partial charge in [-0.1, -0.05) is 12.1 Å². The summed E-state index contributed by atoms with van der Waals surface area (Å²) in [5.41, 5.74) is -3.78. The van der Waals surface area contributed by atoms with Crippen molar-refractivity contribution in [1.29, 1.82) is 0 Å². The van der Waals surface area contributed by atoms with Crippen molar-refractivity contribution in [3.63, 3.8) is 0 Å². The minimum atomic E-state index is -2.33. The highest BCUT2D eigenvalue weighted by Crippen LogP contribution is 2.53. The van der Waals surface area contributed by atoms with Crippen molar-refractivity contribution in [2.24, 2.45) is 0 Å². The molecule has 2 aliphatic carbocycles. The second kappa shape index (κ2) is 15.1. The molecule has 3 saturated heterocycles. The number of morpholine rings is 1. The van der Waals surface area contributed by atoms with Crippen LogP contribution in [0.2, 0.25) is 0 Å². The highest BCUT2D eigenvalue weighted by molar-refractivity contribution is 6.31. The molecule has 19 heteroatoms. The summed E-state index contributed by atoms with van der Waals surface area (Å²) in [5.74, 6) is -5.75. The van der Waals surface area contributed by atoms with Crippen LogP contribution in [0, 0.1) is 0 Å². The van der Waals surface area contributed by atoms with Gasteiger partial charge >= 0.3 is 0 Å². The summed E-state index contributed by atoms with van der Waals surface area (Å²) in [6.07, 6.45) is -3.23. The SMILES string of the molecule is COc1cccc2c1C(=O)c1c(O)c3c(c(O)c1C2=O)C[C@@](O)(C(=O)NCCNC(=O)CN1C(=O)C=CC1=O)C[C@@H]3O[C@@H]1C[C@H]2[C@H](O[C@@H]3[C@@H](OC)OCCN32)[C@H](C)O1. The maximum absolute atomic E-state index is 14.1. The normalized spacial score (nSPS) is 30.0. The van der Waals surface area contributed by atoms with Gasteiger partial charge in [0.1, 0.15) is 35.5 Å². The van der Waals surface area contributed by atoms with Crippen LogP contribution >= 0.6 is 0 Å². The molecule has 0 spiro atoms. The molecule has 4 aliphatic heterocycles. The van der Waals surface area contributed by atoms with Crippen LogP contribution in [0.4, 0.5) is 0 Å². The molecule has 0 radical (unpaired) electrons. The number of amides is 4. The second-order valence-electron chi connectivity index (χ2n) is 14.9. The van der Waals surface area contributed by atoms with Gasteiger partial charge in [-0.3, -0.25) is 38.6 Å². The van der Waals surface area contributed by atoms with E-state index in [9.17, 15) is 44.1 Å². The number of carbonyl (C=O) groups excluding carboxylic acids is 6. The number of carbonyl (C=O) groups is 6. The standard InChI is InChI=1S/C39H42N4O15/c1-17-35-20(42-11-12-55-37(54-3)36(42)58-35)13-26(56-17)57-22-15-39(52,38(51)41-10-9-40-23(44)16-43-24(45)7-8-25(43)46)14-19-28(22)34(50)30-29(32(19)48)31(47)18-5-4-6-21(53-2)27(18)33(30)49/h4-8,17,20,22,26,35-37,48,50,52H,9-16H2,1-3H3,(H,40,44)(H,41,51)/t17-,20-,22-,26+,35+,36+,37-,39-/m0/s1. The van der Waals surface area contributed by atoms with Gasteiger partial charge in [0.2, 0.25) is 11.7 Å². The number of phenols is 2. The molecule has 3 fully saturated rings. The van der Waals surface area contributed by atoms with Crippen LogP contribution < -0.4 is 15.4 Å². The van der Waals surface area contributed by atoms with Gasteiger partial charge in [0, 0.05) is 80.9 Å². The summed E-state index contributed by atoms with van der Waals surface area (Å²) in [7, 11) is 2.85. The fourth-order valence-electron chi connectivity index (χ4n) is 8.83. The molecule has 308 valence electrons. The highest BCUT2D eigenvalue weighted by atomic mass is 16.7. The van der Waals surface area contributed by atoms with Crippen molar-refractivity contribution in [2.75, 3.05) is 47.0 Å². The molecule has 2 aromatic carbocycles. The topological polar surface area (TPSA) is 249 Å². The monoisotopic (exact) mass is 806 g/mol. The van der Waals surface area contributed by atoms with E-state index in [0.29, 0.717) is 13.2 Å². The Morgan fingerprint density at radius 1 is 0.966 bits per heavy atom. The lowest BCUT2D eigenvalue weighted by Gasteiger charge is -2.43. The molecule has 5 N–H and O–H groups in total. The van der Waals surface area contributed by atoms with E-state index < -0.39 is 114 Å². The van der Waals surface area contributed by atoms with E-state index in [1.165, 1.54) is 32.4 Å². The van der Waals surface area contributed by atoms with Gasteiger partial charge in [-0.15, -0.1) is 0 Å². The van der Waals surface area contributed by atoms with E-state index in [-0.39, 0.29) is 59.7 Å². The van der Waals surface area contributed by atoms with Gasteiger partial charge < -0.3 is 54.4 Å². The number of hydrogen-bond acceptors (Lipinski definition) is 16. The number of benzene rings is 2. The van der Waals surface area contributed by atoms with Crippen molar-refractivity contribution in [1.82, 2.24) is 20.4 Å². The number of fused-ring (bicyclic) bond motifs is 6. The number of rotatable bonds is 10. The van der Waals surface area contributed by atoms with Crippen molar-refractivity contribution in [2.45, 2.75) is 74.9 Å². The van der Waals surface area contributed by atoms with Crippen LogP contribution in [0.25, 0.3) is 0 Å². The number of nitrogens with one attached hydrogen (secondary N) is 2. The van der Waals surface area contributed by atoms with Crippen molar-refractivity contribution in [3.8, 4) is 17.2 Å². The molecule has 19 nitrogen and oxygen atoms in total. The van der Waals surface area contributed by atoms with Gasteiger partial charge in [-0.25, -0.2) is 0 Å². The van der Waals surface area contributed by atoms with Crippen molar-refractivity contribution >= 4 is 35.2 Å². The molecule has 2 aromatic rings. The van der Waals surface area contributed by atoms with Gasteiger partial charge in [-0.2, -0.15) is 0 Å². The highest BCUT2D eigenvalue weighted by Gasteiger charge is 2.55.